The molecule has 0 saturated carbocycles. The molecule has 13 heavy (non-hydrogen) atoms. The molecule has 2 heterocycles. The summed E-state index contributed by atoms with van der Waals surface area (Å²) in [4.78, 5) is 5.27. The molecule has 2 nitrogen and oxygen atoms in total. The van der Waals surface area contributed by atoms with Crippen molar-refractivity contribution in [2.45, 2.75) is 6.61 Å². The Morgan fingerprint density at radius 3 is 2.92 bits per heavy atom. The van der Waals surface area contributed by atoms with Crippen LogP contribution in [0.1, 0.15) is 4.88 Å². The van der Waals surface area contributed by atoms with Gasteiger partial charge in [0.05, 0.1) is 0 Å². The molecule has 0 spiro atoms. The van der Waals surface area contributed by atoms with Crippen molar-refractivity contribution in [3.63, 3.8) is 0 Å². The van der Waals surface area contributed by atoms with Crippen LogP contribution < -0.4 is 4.74 Å². The van der Waals surface area contributed by atoms with E-state index in [0.717, 1.165) is 0 Å². The molecule has 0 aromatic carbocycles. The second-order valence-corrected chi connectivity index (χ2v) is 3.57. The molecular weight excluding hydrogens is 182 g/mol. The molecule has 0 aliphatic heterocycles. The van der Waals surface area contributed by atoms with E-state index in [1.54, 1.807) is 17.5 Å². The first-order chi connectivity index (χ1) is 6.45. The number of hydrogen-bond acceptors (Lipinski definition) is 3. The van der Waals surface area contributed by atoms with Gasteiger partial charge in [0.25, 0.3) is 0 Å². The quantitative estimate of drug-likeness (QED) is 0.744. The molecule has 0 amide bonds. The van der Waals surface area contributed by atoms with Crippen LogP contribution in [0.5, 0.6) is 5.88 Å². The average Bonchev–Trinajstić information content (AvgIpc) is 2.69. The fourth-order valence-electron chi connectivity index (χ4n) is 0.972. The Hall–Kier alpha value is -1.35. The summed E-state index contributed by atoms with van der Waals surface area (Å²) in [5.74, 6) is 0.677. The van der Waals surface area contributed by atoms with Crippen molar-refractivity contribution in [3.8, 4) is 5.88 Å². The first-order valence-corrected chi connectivity index (χ1v) is 4.89. The van der Waals surface area contributed by atoms with Crippen molar-refractivity contribution in [3.05, 3.63) is 46.8 Å². The van der Waals surface area contributed by atoms with Crippen molar-refractivity contribution in [2.24, 2.45) is 0 Å². The van der Waals surface area contributed by atoms with Gasteiger partial charge in [-0.15, -0.1) is 11.3 Å². The topological polar surface area (TPSA) is 22.1 Å². The van der Waals surface area contributed by atoms with E-state index in [9.17, 15) is 0 Å². The van der Waals surface area contributed by atoms with Crippen LogP contribution in [0.3, 0.4) is 0 Å². The van der Waals surface area contributed by atoms with Crippen LogP contribution in [-0.2, 0) is 6.61 Å². The van der Waals surface area contributed by atoms with Gasteiger partial charge in [-0.2, -0.15) is 0 Å². The van der Waals surface area contributed by atoms with Crippen molar-refractivity contribution in [2.75, 3.05) is 0 Å². The highest BCUT2D eigenvalue weighted by molar-refractivity contribution is 7.09. The van der Waals surface area contributed by atoms with Gasteiger partial charge in [-0.25, -0.2) is 4.98 Å². The molecule has 0 radical (unpaired) electrons. The number of rotatable bonds is 3. The van der Waals surface area contributed by atoms with E-state index in [4.69, 9.17) is 4.74 Å². The van der Waals surface area contributed by atoms with Crippen molar-refractivity contribution in [1.82, 2.24) is 4.98 Å². The van der Waals surface area contributed by atoms with Crippen LogP contribution in [-0.4, -0.2) is 4.98 Å². The number of hydrogen-bond donors (Lipinski definition) is 0. The van der Waals surface area contributed by atoms with Gasteiger partial charge in [0.15, 0.2) is 0 Å². The molecule has 0 aliphatic carbocycles. The lowest BCUT2D eigenvalue weighted by Gasteiger charge is -2.01. The normalized spacial score (nSPS) is 9.85. The molecule has 66 valence electrons. The Balaban J connectivity index is 1.94. The third kappa shape index (κ3) is 2.29. The highest BCUT2D eigenvalue weighted by Crippen LogP contribution is 2.12. The Kier molecular flexibility index (Phi) is 2.57. The Bertz CT molecular complexity index is 344. The van der Waals surface area contributed by atoms with Gasteiger partial charge in [0.1, 0.15) is 6.61 Å². The molecule has 0 bridgehead atoms. The van der Waals surface area contributed by atoms with E-state index in [1.165, 1.54) is 4.88 Å². The fraction of sp³-hybridized carbons (Fsp3) is 0.100. The minimum absolute atomic E-state index is 0.606. The standard InChI is InChI=1S/C10H9NOS/c1-2-6-11-10(5-1)12-8-9-4-3-7-13-9/h1-7H,8H2. The van der Waals surface area contributed by atoms with Crippen LogP contribution >= 0.6 is 11.3 Å². The smallest absolute Gasteiger partial charge is 0.213 e. The summed E-state index contributed by atoms with van der Waals surface area (Å²) >= 11 is 1.69. The van der Waals surface area contributed by atoms with E-state index in [-0.39, 0.29) is 0 Å². The van der Waals surface area contributed by atoms with E-state index in [2.05, 4.69) is 4.98 Å². The minimum atomic E-state index is 0.606. The predicted octanol–water partition coefficient (Wildman–Crippen LogP) is 2.72. The summed E-state index contributed by atoms with van der Waals surface area (Å²) in [7, 11) is 0. The van der Waals surface area contributed by atoms with E-state index >= 15 is 0 Å². The first-order valence-electron chi connectivity index (χ1n) is 4.01. The van der Waals surface area contributed by atoms with Gasteiger partial charge >= 0.3 is 0 Å². The van der Waals surface area contributed by atoms with Gasteiger partial charge in [-0.1, -0.05) is 12.1 Å². The third-order valence-corrected chi connectivity index (χ3v) is 2.43. The Morgan fingerprint density at radius 1 is 1.23 bits per heavy atom. The SMILES string of the molecule is c1ccc(OCc2cccs2)nc1. The fourth-order valence-corrected chi connectivity index (χ4v) is 1.59. The van der Waals surface area contributed by atoms with E-state index in [1.807, 2.05) is 35.7 Å². The van der Waals surface area contributed by atoms with Crippen LogP contribution in [0.25, 0.3) is 0 Å². The van der Waals surface area contributed by atoms with E-state index < -0.39 is 0 Å². The maximum atomic E-state index is 5.45. The van der Waals surface area contributed by atoms with Crippen molar-refractivity contribution >= 4 is 11.3 Å². The predicted molar refractivity (Wildman–Crippen MR) is 52.9 cm³/mol. The molecule has 2 aromatic heterocycles. The Labute approximate surface area is 80.8 Å². The maximum Gasteiger partial charge on any atom is 0.213 e. The van der Waals surface area contributed by atoms with Crippen molar-refractivity contribution in [1.29, 1.82) is 0 Å². The summed E-state index contributed by atoms with van der Waals surface area (Å²) in [6.45, 7) is 0.606. The second-order valence-electron chi connectivity index (χ2n) is 2.54. The highest BCUT2D eigenvalue weighted by Gasteiger charge is 1.95. The number of thiophene rings is 1. The largest absolute Gasteiger partial charge is 0.472 e. The number of nitrogens with zero attached hydrogens (tertiary/aromatic N) is 1. The zero-order valence-corrected chi connectivity index (χ0v) is 7.83. The van der Waals surface area contributed by atoms with Crippen molar-refractivity contribution < 1.29 is 4.74 Å². The minimum Gasteiger partial charge on any atom is -0.472 e. The maximum absolute atomic E-state index is 5.45. The summed E-state index contributed by atoms with van der Waals surface area (Å²) in [5.41, 5.74) is 0. The molecule has 0 fully saturated rings. The van der Waals surface area contributed by atoms with Gasteiger partial charge in [0.2, 0.25) is 5.88 Å². The van der Waals surface area contributed by atoms with Crippen LogP contribution in [0.4, 0.5) is 0 Å². The molecule has 0 aliphatic rings. The summed E-state index contributed by atoms with van der Waals surface area (Å²) in [6.07, 6.45) is 1.73. The Morgan fingerprint density at radius 2 is 2.23 bits per heavy atom. The molecule has 3 heteroatoms. The molecule has 0 saturated heterocycles. The van der Waals surface area contributed by atoms with Gasteiger partial charge in [-0.3, -0.25) is 0 Å². The summed E-state index contributed by atoms with van der Waals surface area (Å²) in [6, 6.07) is 9.71. The summed E-state index contributed by atoms with van der Waals surface area (Å²) < 4.78 is 5.45. The average molecular weight is 191 g/mol. The molecular formula is C10H9NOS. The molecule has 0 unspecified atom stereocenters. The monoisotopic (exact) mass is 191 g/mol. The molecule has 2 rings (SSSR count). The lowest BCUT2D eigenvalue weighted by atomic mass is 10.5. The lowest BCUT2D eigenvalue weighted by Crippen LogP contribution is -1.93. The molecule has 0 N–H and O–H groups in total. The molecule has 0 atom stereocenters. The highest BCUT2D eigenvalue weighted by atomic mass is 32.1. The first kappa shape index (κ1) is 8.26. The van der Waals surface area contributed by atoms with Gasteiger partial charge in [-0.05, 0) is 17.5 Å². The number of ether oxygens (including phenoxy) is 1. The second kappa shape index (κ2) is 4.05. The van der Waals surface area contributed by atoms with E-state index in [0.29, 0.717) is 12.5 Å². The molecule has 2 aromatic rings. The number of pyridine rings is 1. The third-order valence-electron chi connectivity index (χ3n) is 1.58. The number of aromatic nitrogens is 1. The zero-order valence-electron chi connectivity index (χ0n) is 7.01. The van der Waals surface area contributed by atoms with Crippen LogP contribution in [0, 0.1) is 0 Å². The van der Waals surface area contributed by atoms with Crippen LogP contribution in [0.2, 0.25) is 0 Å². The van der Waals surface area contributed by atoms with Crippen LogP contribution in [0.15, 0.2) is 41.9 Å². The summed E-state index contributed by atoms with van der Waals surface area (Å²) in [5, 5.41) is 2.04. The lowest BCUT2D eigenvalue weighted by molar-refractivity contribution is 0.297. The van der Waals surface area contributed by atoms with Gasteiger partial charge in [0, 0.05) is 17.1 Å². The zero-order chi connectivity index (χ0) is 8.93. The van der Waals surface area contributed by atoms with Gasteiger partial charge < -0.3 is 4.74 Å².